The van der Waals surface area contributed by atoms with Gasteiger partial charge in [0.15, 0.2) is 0 Å². The molecule has 1 fully saturated rings. The molecule has 1 saturated carbocycles. The molecular weight excluding hydrogens is 271 g/mol. The van der Waals surface area contributed by atoms with Crippen LogP contribution < -0.4 is 11.1 Å². The van der Waals surface area contributed by atoms with E-state index in [0.717, 1.165) is 0 Å². The predicted octanol–water partition coefficient (Wildman–Crippen LogP) is 2.71. The van der Waals surface area contributed by atoms with Crippen LogP contribution in [0.1, 0.15) is 36.0 Å². The third kappa shape index (κ3) is 3.40. The van der Waals surface area contributed by atoms with E-state index in [1.165, 1.54) is 12.4 Å². The maximum Gasteiger partial charge on any atom is 0.391 e. The highest BCUT2D eigenvalue weighted by Gasteiger charge is 2.41. The van der Waals surface area contributed by atoms with E-state index in [4.69, 9.17) is 5.73 Å². The van der Waals surface area contributed by atoms with Crippen molar-refractivity contribution in [3.63, 3.8) is 0 Å². The number of rotatable bonds is 3. The fourth-order valence-corrected chi connectivity index (χ4v) is 2.50. The largest absolute Gasteiger partial charge is 0.391 e. The molecule has 0 bridgehead atoms. The molecule has 2 rings (SSSR count). The lowest BCUT2D eigenvalue weighted by Gasteiger charge is -2.31. The number of nitrogens with zero attached hydrogens (tertiary/aromatic N) is 1. The zero-order valence-corrected chi connectivity index (χ0v) is 10.8. The molecule has 4 nitrogen and oxygen atoms in total. The SMILES string of the molecule is NC(=O)c1cnccc1NC1CCC(C(F)(F)F)CC1. The number of anilines is 1. The fourth-order valence-electron chi connectivity index (χ4n) is 2.50. The van der Waals surface area contributed by atoms with Crippen LogP contribution in [0.2, 0.25) is 0 Å². The van der Waals surface area contributed by atoms with E-state index >= 15 is 0 Å². The minimum atomic E-state index is -4.11. The van der Waals surface area contributed by atoms with Crippen molar-refractivity contribution in [2.45, 2.75) is 37.9 Å². The van der Waals surface area contributed by atoms with Crippen molar-refractivity contribution in [3.05, 3.63) is 24.0 Å². The summed E-state index contributed by atoms with van der Waals surface area (Å²) in [7, 11) is 0. The van der Waals surface area contributed by atoms with Gasteiger partial charge in [0.25, 0.3) is 5.91 Å². The molecule has 1 aliphatic carbocycles. The third-order valence-electron chi connectivity index (χ3n) is 3.64. The number of nitrogens with two attached hydrogens (primary N) is 1. The molecule has 110 valence electrons. The summed E-state index contributed by atoms with van der Waals surface area (Å²) >= 11 is 0. The normalized spacial score (nSPS) is 23.4. The number of nitrogens with one attached hydrogen (secondary N) is 1. The smallest absolute Gasteiger partial charge is 0.382 e. The lowest BCUT2D eigenvalue weighted by Crippen LogP contribution is -2.33. The number of aromatic nitrogens is 1. The van der Waals surface area contributed by atoms with Crippen molar-refractivity contribution in [1.29, 1.82) is 0 Å². The van der Waals surface area contributed by atoms with Gasteiger partial charge >= 0.3 is 6.18 Å². The Morgan fingerprint density at radius 1 is 1.30 bits per heavy atom. The van der Waals surface area contributed by atoms with Gasteiger partial charge in [-0.05, 0) is 31.7 Å². The zero-order valence-electron chi connectivity index (χ0n) is 10.8. The molecule has 1 amide bonds. The Bertz CT molecular complexity index is 482. The number of hydrogen-bond acceptors (Lipinski definition) is 3. The number of carbonyl (C=O) groups is 1. The Hall–Kier alpha value is -1.79. The zero-order chi connectivity index (χ0) is 14.8. The van der Waals surface area contributed by atoms with E-state index in [2.05, 4.69) is 10.3 Å². The van der Waals surface area contributed by atoms with Gasteiger partial charge in [-0.1, -0.05) is 0 Å². The van der Waals surface area contributed by atoms with Crippen LogP contribution in [0, 0.1) is 5.92 Å². The Labute approximate surface area is 114 Å². The molecule has 1 aromatic rings. The number of alkyl halides is 3. The quantitative estimate of drug-likeness (QED) is 0.898. The Kier molecular flexibility index (Phi) is 4.15. The van der Waals surface area contributed by atoms with E-state index in [-0.39, 0.29) is 24.4 Å². The van der Waals surface area contributed by atoms with E-state index in [0.29, 0.717) is 18.5 Å². The summed E-state index contributed by atoms with van der Waals surface area (Å²) in [6, 6.07) is 1.53. The Balaban J connectivity index is 1.98. The summed E-state index contributed by atoms with van der Waals surface area (Å²) in [5.41, 5.74) is 6.02. The second kappa shape index (κ2) is 5.68. The summed E-state index contributed by atoms with van der Waals surface area (Å²) in [6.45, 7) is 0. The fraction of sp³-hybridized carbons (Fsp3) is 0.538. The second-order valence-electron chi connectivity index (χ2n) is 5.02. The average Bonchev–Trinajstić information content (AvgIpc) is 2.38. The minimum absolute atomic E-state index is 0.0749. The number of amides is 1. The molecule has 20 heavy (non-hydrogen) atoms. The Morgan fingerprint density at radius 2 is 1.95 bits per heavy atom. The van der Waals surface area contributed by atoms with Gasteiger partial charge < -0.3 is 11.1 Å². The molecule has 0 aromatic carbocycles. The lowest BCUT2D eigenvalue weighted by molar-refractivity contribution is -0.182. The second-order valence-corrected chi connectivity index (χ2v) is 5.02. The van der Waals surface area contributed by atoms with Crippen LogP contribution in [0.4, 0.5) is 18.9 Å². The summed E-state index contributed by atoms with van der Waals surface area (Å²) in [5.74, 6) is -1.82. The van der Waals surface area contributed by atoms with Crippen LogP contribution in [0.3, 0.4) is 0 Å². The van der Waals surface area contributed by atoms with Gasteiger partial charge in [-0.2, -0.15) is 13.2 Å². The monoisotopic (exact) mass is 287 g/mol. The first-order valence-electron chi connectivity index (χ1n) is 6.45. The van der Waals surface area contributed by atoms with Crippen molar-refractivity contribution in [2.75, 3.05) is 5.32 Å². The molecular formula is C13H16F3N3O. The molecule has 0 unspecified atom stereocenters. The van der Waals surface area contributed by atoms with Crippen LogP contribution >= 0.6 is 0 Å². The van der Waals surface area contributed by atoms with Crippen molar-refractivity contribution < 1.29 is 18.0 Å². The predicted molar refractivity (Wildman–Crippen MR) is 68.2 cm³/mol. The summed E-state index contributed by atoms with van der Waals surface area (Å²) in [4.78, 5) is 15.1. The van der Waals surface area contributed by atoms with Gasteiger partial charge in [-0.25, -0.2) is 0 Å². The minimum Gasteiger partial charge on any atom is -0.382 e. The number of hydrogen-bond donors (Lipinski definition) is 2. The van der Waals surface area contributed by atoms with Gasteiger partial charge in [0.05, 0.1) is 17.2 Å². The van der Waals surface area contributed by atoms with Crippen molar-refractivity contribution >= 4 is 11.6 Å². The molecule has 3 N–H and O–H groups in total. The molecule has 1 heterocycles. The van der Waals surface area contributed by atoms with E-state index in [9.17, 15) is 18.0 Å². The van der Waals surface area contributed by atoms with Crippen LogP contribution in [0.15, 0.2) is 18.5 Å². The van der Waals surface area contributed by atoms with Crippen LogP contribution in [-0.4, -0.2) is 23.1 Å². The van der Waals surface area contributed by atoms with Crippen LogP contribution in [-0.2, 0) is 0 Å². The van der Waals surface area contributed by atoms with Gasteiger partial charge in [0.2, 0.25) is 0 Å². The maximum absolute atomic E-state index is 12.6. The first kappa shape index (κ1) is 14.6. The number of halogens is 3. The van der Waals surface area contributed by atoms with Gasteiger partial charge in [-0.15, -0.1) is 0 Å². The number of carbonyl (C=O) groups excluding carboxylic acids is 1. The standard InChI is InChI=1S/C13H16F3N3O/c14-13(15,16)8-1-3-9(4-2-8)19-11-5-6-18-7-10(11)12(17)20/h5-9H,1-4H2,(H2,17,20)(H,18,19). The van der Waals surface area contributed by atoms with E-state index in [1.54, 1.807) is 6.07 Å². The Morgan fingerprint density at radius 3 is 2.50 bits per heavy atom. The van der Waals surface area contributed by atoms with E-state index < -0.39 is 18.0 Å². The third-order valence-corrected chi connectivity index (χ3v) is 3.64. The first-order chi connectivity index (χ1) is 9.38. The first-order valence-corrected chi connectivity index (χ1v) is 6.45. The summed E-state index contributed by atoms with van der Waals surface area (Å²) in [5, 5.41) is 3.09. The van der Waals surface area contributed by atoms with Gasteiger partial charge in [0.1, 0.15) is 0 Å². The topological polar surface area (TPSA) is 68.0 Å². The highest BCUT2D eigenvalue weighted by atomic mass is 19.4. The molecule has 1 aromatic heterocycles. The molecule has 0 radical (unpaired) electrons. The van der Waals surface area contributed by atoms with Crippen LogP contribution in [0.5, 0.6) is 0 Å². The van der Waals surface area contributed by atoms with Gasteiger partial charge in [0, 0.05) is 18.4 Å². The maximum atomic E-state index is 12.6. The average molecular weight is 287 g/mol. The molecule has 7 heteroatoms. The van der Waals surface area contributed by atoms with Crippen molar-refractivity contribution in [1.82, 2.24) is 4.98 Å². The van der Waals surface area contributed by atoms with E-state index in [1.807, 2.05) is 0 Å². The molecule has 0 spiro atoms. The number of primary amides is 1. The molecule has 0 aliphatic heterocycles. The highest BCUT2D eigenvalue weighted by molar-refractivity contribution is 5.98. The number of pyridine rings is 1. The summed E-state index contributed by atoms with van der Waals surface area (Å²) < 4.78 is 37.7. The highest BCUT2D eigenvalue weighted by Crippen LogP contribution is 2.38. The van der Waals surface area contributed by atoms with Crippen LogP contribution in [0.25, 0.3) is 0 Å². The molecule has 0 atom stereocenters. The molecule has 1 aliphatic rings. The van der Waals surface area contributed by atoms with Gasteiger partial charge in [-0.3, -0.25) is 9.78 Å². The lowest BCUT2D eigenvalue weighted by atomic mass is 9.85. The van der Waals surface area contributed by atoms with Crippen molar-refractivity contribution in [2.24, 2.45) is 11.7 Å². The summed E-state index contributed by atoms with van der Waals surface area (Å²) in [6.07, 6.45) is -0.187. The molecule has 0 saturated heterocycles. The van der Waals surface area contributed by atoms with Crippen molar-refractivity contribution in [3.8, 4) is 0 Å².